The fourth-order valence-corrected chi connectivity index (χ4v) is 4.28. The Bertz CT molecular complexity index is 1230. The number of hydrogen-bond acceptors (Lipinski definition) is 3. The molecule has 4 rings (SSSR count). The summed E-state index contributed by atoms with van der Waals surface area (Å²) in [6.45, 7) is 4.95. The summed E-state index contributed by atoms with van der Waals surface area (Å²) in [5, 5.41) is 0. The number of hydrogen-bond donors (Lipinski definition) is 0. The number of benzene rings is 3. The van der Waals surface area contributed by atoms with Gasteiger partial charge in [-0.2, -0.15) is 4.39 Å². The van der Waals surface area contributed by atoms with Gasteiger partial charge in [-0.1, -0.05) is 68.3 Å². The minimum atomic E-state index is -1.05. The van der Waals surface area contributed by atoms with E-state index in [-0.39, 0.29) is 28.4 Å². The largest absolute Gasteiger partial charge is 0.490 e. The van der Waals surface area contributed by atoms with Crippen molar-refractivity contribution in [2.45, 2.75) is 39.4 Å². The Balaban J connectivity index is 1.50. The summed E-state index contributed by atoms with van der Waals surface area (Å²) in [7, 11) is 0. The molecule has 37 heavy (non-hydrogen) atoms. The van der Waals surface area contributed by atoms with Crippen LogP contribution in [0.5, 0.6) is 5.75 Å². The molecular formula is C30H30F4O3. The highest BCUT2D eigenvalue weighted by atomic mass is 19.2. The Morgan fingerprint density at radius 2 is 1.38 bits per heavy atom. The highest BCUT2D eigenvalue weighted by Gasteiger charge is 2.27. The van der Waals surface area contributed by atoms with Crippen molar-refractivity contribution in [3.63, 3.8) is 0 Å². The molecule has 7 heteroatoms. The van der Waals surface area contributed by atoms with Crippen LogP contribution in [0.25, 0.3) is 22.3 Å². The average Bonchev–Trinajstić information content (AvgIpc) is 2.91. The monoisotopic (exact) mass is 514 g/mol. The molecule has 0 unspecified atom stereocenters. The first-order chi connectivity index (χ1) is 17.9. The molecule has 0 N–H and O–H groups in total. The van der Waals surface area contributed by atoms with Crippen LogP contribution in [0.3, 0.4) is 0 Å². The molecule has 196 valence electrons. The van der Waals surface area contributed by atoms with Crippen LogP contribution in [-0.2, 0) is 9.47 Å². The van der Waals surface area contributed by atoms with Gasteiger partial charge in [0.2, 0.25) is 5.82 Å². The SMILES string of the molecule is CC=CC1COC(c2ccc(-c3ccc(-c4ccc(OCCCCC)c(F)c4F)cc3)c(F)c2F)OC1. The zero-order valence-electron chi connectivity index (χ0n) is 20.9. The molecule has 0 radical (unpaired) electrons. The van der Waals surface area contributed by atoms with Gasteiger partial charge in [-0.25, -0.2) is 13.2 Å². The molecule has 1 fully saturated rings. The summed E-state index contributed by atoms with van der Waals surface area (Å²) < 4.78 is 75.8. The van der Waals surface area contributed by atoms with Gasteiger partial charge in [0.1, 0.15) is 0 Å². The van der Waals surface area contributed by atoms with Crippen LogP contribution in [-0.4, -0.2) is 19.8 Å². The quantitative estimate of drug-likeness (QED) is 0.163. The van der Waals surface area contributed by atoms with Crippen molar-refractivity contribution in [3.8, 4) is 28.0 Å². The van der Waals surface area contributed by atoms with Gasteiger partial charge in [0, 0.05) is 22.6 Å². The Labute approximate surface area is 214 Å². The zero-order valence-corrected chi connectivity index (χ0v) is 20.9. The summed E-state index contributed by atoms with van der Waals surface area (Å²) in [6.07, 6.45) is 5.55. The molecule has 1 heterocycles. The number of ether oxygens (including phenoxy) is 3. The van der Waals surface area contributed by atoms with E-state index in [1.54, 1.807) is 0 Å². The van der Waals surface area contributed by atoms with Gasteiger partial charge in [0.05, 0.1) is 19.8 Å². The number of unbranched alkanes of at least 4 members (excludes halogenated alkanes) is 2. The third-order valence-corrected chi connectivity index (χ3v) is 6.31. The Kier molecular flexibility index (Phi) is 9.00. The second kappa shape index (κ2) is 12.4. The summed E-state index contributed by atoms with van der Waals surface area (Å²) in [4.78, 5) is 0. The van der Waals surface area contributed by atoms with E-state index in [9.17, 15) is 13.2 Å². The van der Waals surface area contributed by atoms with Crippen LogP contribution < -0.4 is 4.74 Å². The first-order valence-electron chi connectivity index (χ1n) is 12.5. The van der Waals surface area contributed by atoms with Gasteiger partial charge in [-0.3, -0.25) is 0 Å². The molecule has 0 saturated carbocycles. The van der Waals surface area contributed by atoms with Gasteiger partial charge >= 0.3 is 0 Å². The van der Waals surface area contributed by atoms with Crippen molar-refractivity contribution in [2.24, 2.45) is 5.92 Å². The molecule has 3 aromatic carbocycles. The smallest absolute Gasteiger partial charge is 0.201 e. The maximum absolute atomic E-state index is 15.0. The minimum Gasteiger partial charge on any atom is -0.490 e. The van der Waals surface area contributed by atoms with Gasteiger partial charge in [-0.15, -0.1) is 0 Å². The lowest BCUT2D eigenvalue weighted by Crippen LogP contribution is -2.26. The maximum atomic E-state index is 15.0. The Morgan fingerprint density at radius 3 is 1.97 bits per heavy atom. The number of halogens is 4. The van der Waals surface area contributed by atoms with E-state index >= 15 is 4.39 Å². The normalized spacial score (nSPS) is 17.9. The van der Waals surface area contributed by atoms with E-state index in [4.69, 9.17) is 14.2 Å². The lowest BCUT2D eigenvalue weighted by molar-refractivity contribution is -0.199. The van der Waals surface area contributed by atoms with Gasteiger partial charge in [-0.05, 0) is 36.6 Å². The lowest BCUT2D eigenvalue weighted by atomic mass is 9.98. The summed E-state index contributed by atoms with van der Waals surface area (Å²) >= 11 is 0. The third kappa shape index (κ3) is 6.05. The highest BCUT2D eigenvalue weighted by Crippen LogP contribution is 2.35. The molecule has 0 aliphatic carbocycles. The molecule has 0 spiro atoms. The van der Waals surface area contributed by atoms with E-state index in [0.29, 0.717) is 30.9 Å². The van der Waals surface area contributed by atoms with Crippen LogP contribution in [0.1, 0.15) is 45.0 Å². The van der Waals surface area contributed by atoms with Crippen molar-refractivity contribution in [3.05, 3.63) is 89.5 Å². The molecule has 0 aromatic heterocycles. The van der Waals surface area contributed by atoms with E-state index in [1.165, 1.54) is 48.5 Å². The fourth-order valence-electron chi connectivity index (χ4n) is 4.28. The third-order valence-electron chi connectivity index (χ3n) is 6.31. The Morgan fingerprint density at radius 1 is 0.784 bits per heavy atom. The van der Waals surface area contributed by atoms with Crippen molar-refractivity contribution < 1.29 is 31.8 Å². The predicted molar refractivity (Wildman–Crippen MR) is 135 cm³/mol. The Hall–Kier alpha value is -3.16. The minimum absolute atomic E-state index is 0.00801. The molecule has 3 aromatic rings. The second-order valence-corrected chi connectivity index (χ2v) is 8.99. The molecule has 0 amide bonds. The molecular weight excluding hydrogens is 484 g/mol. The number of rotatable bonds is 9. The molecule has 3 nitrogen and oxygen atoms in total. The summed E-state index contributed by atoms with van der Waals surface area (Å²) in [5.74, 6) is -4.21. The van der Waals surface area contributed by atoms with Crippen LogP contribution in [0.4, 0.5) is 17.6 Å². The predicted octanol–water partition coefficient (Wildman–Crippen LogP) is 8.38. The summed E-state index contributed by atoms with van der Waals surface area (Å²) in [5.41, 5.74) is 0.871. The van der Waals surface area contributed by atoms with Crippen molar-refractivity contribution in [2.75, 3.05) is 19.8 Å². The molecule has 0 atom stereocenters. The standard InChI is InChI=1S/C30H30F4O3/c1-3-5-6-16-35-25-15-14-23(27(32)29(25)34)21-10-8-20(9-11-21)22-12-13-24(28(33)26(22)31)30-36-17-19(7-4-2)18-37-30/h4,7-15,19,30H,3,5-6,16-18H2,1-2H3. The van der Waals surface area contributed by atoms with Crippen LogP contribution in [0, 0.1) is 29.2 Å². The van der Waals surface area contributed by atoms with Crippen molar-refractivity contribution >= 4 is 0 Å². The molecule has 1 aliphatic heterocycles. The molecule has 0 bridgehead atoms. The van der Waals surface area contributed by atoms with Crippen molar-refractivity contribution in [1.29, 1.82) is 0 Å². The van der Waals surface area contributed by atoms with E-state index in [2.05, 4.69) is 0 Å². The van der Waals surface area contributed by atoms with Gasteiger partial charge in [0.25, 0.3) is 0 Å². The van der Waals surface area contributed by atoms with Crippen LogP contribution in [0.2, 0.25) is 0 Å². The van der Waals surface area contributed by atoms with Crippen molar-refractivity contribution in [1.82, 2.24) is 0 Å². The highest BCUT2D eigenvalue weighted by molar-refractivity contribution is 5.71. The van der Waals surface area contributed by atoms with E-state index in [0.717, 1.165) is 19.3 Å². The average molecular weight is 515 g/mol. The first-order valence-corrected chi connectivity index (χ1v) is 12.5. The maximum Gasteiger partial charge on any atom is 0.201 e. The van der Waals surface area contributed by atoms with Gasteiger partial charge < -0.3 is 14.2 Å². The topological polar surface area (TPSA) is 27.7 Å². The molecule has 1 aliphatic rings. The zero-order chi connectivity index (χ0) is 26.4. The van der Waals surface area contributed by atoms with Crippen LogP contribution >= 0.6 is 0 Å². The second-order valence-electron chi connectivity index (χ2n) is 8.99. The number of allylic oxidation sites excluding steroid dienone is 1. The summed E-state index contributed by atoms with van der Waals surface area (Å²) in [6, 6.07) is 11.9. The first kappa shape index (κ1) is 26.9. The lowest BCUT2D eigenvalue weighted by Gasteiger charge is -2.28. The fraction of sp³-hybridized carbons (Fsp3) is 0.333. The van der Waals surface area contributed by atoms with E-state index < -0.39 is 29.6 Å². The van der Waals surface area contributed by atoms with Crippen LogP contribution in [0.15, 0.2) is 60.7 Å². The van der Waals surface area contributed by atoms with Gasteiger partial charge in [0.15, 0.2) is 29.5 Å². The molecule has 1 saturated heterocycles. The van der Waals surface area contributed by atoms with E-state index in [1.807, 2.05) is 26.0 Å².